The second-order valence-electron chi connectivity index (χ2n) is 6.33. The number of anilines is 1. The molecule has 27 heavy (non-hydrogen) atoms. The van der Waals surface area contributed by atoms with E-state index < -0.39 is 17.8 Å². The summed E-state index contributed by atoms with van der Waals surface area (Å²) in [5.74, 6) is -0.0513. The lowest BCUT2D eigenvalue weighted by molar-refractivity contribution is 0.297. The number of hydrogen-bond donors (Lipinski definition) is 2. The zero-order valence-electron chi connectivity index (χ0n) is 14.1. The largest absolute Gasteiger partial charge is 0.489 e. The number of nitrogens with zero attached hydrogens (tertiary/aromatic N) is 3. The lowest BCUT2D eigenvalue weighted by Crippen LogP contribution is -2.31. The van der Waals surface area contributed by atoms with Crippen LogP contribution < -0.4 is 20.5 Å². The van der Waals surface area contributed by atoms with Crippen molar-refractivity contribution in [1.29, 1.82) is 0 Å². The molecule has 0 amide bonds. The predicted octanol–water partition coefficient (Wildman–Crippen LogP) is 2.76. The normalized spacial score (nSPS) is 18.4. The van der Waals surface area contributed by atoms with Gasteiger partial charge >= 0.3 is 0 Å². The van der Waals surface area contributed by atoms with E-state index in [1.54, 1.807) is 10.6 Å². The van der Waals surface area contributed by atoms with Crippen LogP contribution in [0.1, 0.15) is 18.2 Å². The zero-order valence-corrected chi connectivity index (χ0v) is 14.1. The van der Waals surface area contributed by atoms with E-state index in [0.29, 0.717) is 47.3 Å². The molecule has 2 aliphatic heterocycles. The molecule has 0 unspecified atom stereocenters. The summed E-state index contributed by atoms with van der Waals surface area (Å²) in [4.78, 5) is 8.91. The first-order valence-corrected chi connectivity index (χ1v) is 8.47. The van der Waals surface area contributed by atoms with Crippen LogP contribution >= 0.6 is 0 Å². The molecule has 5 rings (SSSR count). The fraction of sp³-hybridized carbons (Fsp3) is 0.222. The minimum absolute atomic E-state index is 0.140. The number of halogens is 2. The van der Waals surface area contributed by atoms with E-state index in [0.717, 1.165) is 18.6 Å². The number of fused-ring (bicyclic) bond motifs is 4. The van der Waals surface area contributed by atoms with Crippen molar-refractivity contribution in [3.8, 4) is 11.5 Å². The quantitative estimate of drug-likeness (QED) is 0.687. The smallest absolute Gasteiger partial charge is 0.212 e. The van der Waals surface area contributed by atoms with E-state index in [1.165, 1.54) is 6.07 Å². The van der Waals surface area contributed by atoms with E-state index in [4.69, 9.17) is 15.2 Å². The highest BCUT2D eigenvalue weighted by Crippen LogP contribution is 2.39. The molecular weight excluding hydrogens is 356 g/mol. The Labute approximate surface area is 152 Å². The highest BCUT2D eigenvalue weighted by atomic mass is 19.2. The Balaban J connectivity index is 1.71. The maximum absolute atomic E-state index is 13.8. The molecule has 1 aromatic heterocycles. The van der Waals surface area contributed by atoms with Gasteiger partial charge in [0.25, 0.3) is 0 Å². The van der Waals surface area contributed by atoms with Crippen molar-refractivity contribution in [1.82, 2.24) is 9.55 Å². The number of aliphatic imine (C=N–C) groups is 1. The molecule has 0 bridgehead atoms. The summed E-state index contributed by atoms with van der Waals surface area (Å²) in [6.07, 6.45) is 0.100. The standard InChI is InChI=1S/C18H15F2N5O2/c19-10-3-2-9(6-11(10)20)16-23-17(21)24-18-22-12-7-14-15(8-13(12)25(16)18)27-5-1-4-26-14/h2-3,6-8,16H,1,4-5H2,(H3,21,22,23,24)/t16-/m0/s1. The summed E-state index contributed by atoms with van der Waals surface area (Å²) >= 11 is 0. The van der Waals surface area contributed by atoms with Crippen LogP contribution in [0.4, 0.5) is 14.7 Å². The number of rotatable bonds is 1. The van der Waals surface area contributed by atoms with Gasteiger partial charge in [0.05, 0.1) is 24.2 Å². The Hall–Kier alpha value is -3.36. The lowest BCUT2D eigenvalue weighted by atomic mass is 10.1. The van der Waals surface area contributed by atoms with Gasteiger partial charge in [-0.1, -0.05) is 6.07 Å². The van der Waals surface area contributed by atoms with Crippen molar-refractivity contribution in [3.63, 3.8) is 0 Å². The molecule has 0 aliphatic carbocycles. The molecular formula is C18H15F2N5O2. The second-order valence-corrected chi connectivity index (χ2v) is 6.33. The van der Waals surface area contributed by atoms with Gasteiger partial charge in [-0.15, -0.1) is 0 Å². The Morgan fingerprint density at radius 1 is 1.07 bits per heavy atom. The topological polar surface area (TPSA) is 86.7 Å². The maximum Gasteiger partial charge on any atom is 0.212 e. The van der Waals surface area contributed by atoms with E-state index >= 15 is 0 Å². The van der Waals surface area contributed by atoms with Crippen LogP contribution in [0.15, 0.2) is 35.3 Å². The van der Waals surface area contributed by atoms with Gasteiger partial charge in [-0.05, 0) is 12.1 Å². The molecule has 7 nitrogen and oxygen atoms in total. The molecule has 9 heteroatoms. The predicted molar refractivity (Wildman–Crippen MR) is 95.1 cm³/mol. The average molecular weight is 371 g/mol. The van der Waals surface area contributed by atoms with Crippen molar-refractivity contribution in [2.75, 3.05) is 18.5 Å². The van der Waals surface area contributed by atoms with Crippen molar-refractivity contribution in [3.05, 3.63) is 47.5 Å². The SMILES string of the molecule is NC1=N[C@H](c2ccc(F)c(F)c2)n2c(nc3cc4c(cc32)OCCCO4)N1. The Morgan fingerprint density at radius 2 is 1.85 bits per heavy atom. The van der Waals surface area contributed by atoms with Gasteiger partial charge in [0.1, 0.15) is 0 Å². The Bertz CT molecular complexity index is 1100. The number of nitrogens with one attached hydrogen (secondary N) is 1. The molecule has 0 fully saturated rings. The molecule has 0 saturated heterocycles. The summed E-state index contributed by atoms with van der Waals surface area (Å²) in [6.45, 7) is 1.12. The van der Waals surface area contributed by atoms with Crippen molar-refractivity contribution in [2.24, 2.45) is 10.7 Å². The highest BCUT2D eigenvalue weighted by molar-refractivity contribution is 5.95. The number of nitrogens with two attached hydrogens (primary N) is 1. The fourth-order valence-corrected chi connectivity index (χ4v) is 3.32. The number of benzene rings is 2. The molecule has 0 radical (unpaired) electrons. The molecule has 0 spiro atoms. The van der Waals surface area contributed by atoms with E-state index in [-0.39, 0.29) is 5.96 Å². The Morgan fingerprint density at radius 3 is 2.63 bits per heavy atom. The van der Waals surface area contributed by atoms with Crippen molar-refractivity contribution < 1.29 is 18.3 Å². The summed E-state index contributed by atoms with van der Waals surface area (Å²) in [5.41, 5.74) is 7.70. The van der Waals surface area contributed by atoms with Gasteiger partial charge in [-0.25, -0.2) is 18.8 Å². The molecule has 1 atom stereocenters. The summed E-state index contributed by atoms with van der Waals surface area (Å²) in [7, 11) is 0. The number of imidazole rings is 1. The summed E-state index contributed by atoms with van der Waals surface area (Å²) in [6, 6.07) is 7.27. The molecule has 3 heterocycles. The van der Waals surface area contributed by atoms with Crippen LogP contribution in [0.5, 0.6) is 11.5 Å². The zero-order chi connectivity index (χ0) is 18.5. The van der Waals surface area contributed by atoms with Crippen LogP contribution in [0.2, 0.25) is 0 Å². The highest BCUT2D eigenvalue weighted by Gasteiger charge is 2.27. The van der Waals surface area contributed by atoms with Crippen LogP contribution in [0.3, 0.4) is 0 Å². The third-order valence-corrected chi connectivity index (χ3v) is 4.55. The minimum atomic E-state index is -0.948. The third-order valence-electron chi connectivity index (χ3n) is 4.55. The lowest BCUT2D eigenvalue weighted by Gasteiger charge is -2.24. The van der Waals surface area contributed by atoms with Gasteiger partial charge in [-0.2, -0.15) is 0 Å². The van der Waals surface area contributed by atoms with E-state index in [1.807, 2.05) is 6.07 Å². The molecule has 2 aromatic carbocycles. The molecule has 2 aliphatic rings. The van der Waals surface area contributed by atoms with Gasteiger partial charge in [0, 0.05) is 24.1 Å². The monoisotopic (exact) mass is 371 g/mol. The number of ether oxygens (including phenoxy) is 2. The first-order valence-electron chi connectivity index (χ1n) is 8.47. The molecule has 138 valence electrons. The summed E-state index contributed by atoms with van der Waals surface area (Å²) < 4.78 is 40.4. The first-order chi connectivity index (χ1) is 13.1. The van der Waals surface area contributed by atoms with Crippen LogP contribution in [0, 0.1) is 11.6 Å². The number of aromatic nitrogens is 2. The molecule has 3 N–H and O–H groups in total. The van der Waals surface area contributed by atoms with Gasteiger partial charge < -0.3 is 15.2 Å². The summed E-state index contributed by atoms with van der Waals surface area (Å²) in [5, 5.41) is 2.91. The van der Waals surface area contributed by atoms with Crippen molar-refractivity contribution >= 4 is 22.9 Å². The van der Waals surface area contributed by atoms with Crippen LogP contribution in [-0.4, -0.2) is 28.7 Å². The van der Waals surface area contributed by atoms with Crippen LogP contribution in [0.25, 0.3) is 11.0 Å². The van der Waals surface area contributed by atoms with E-state index in [2.05, 4.69) is 15.3 Å². The Kier molecular flexibility index (Phi) is 3.43. The number of guanidine groups is 1. The van der Waals surface area contributed by atoms with Gasteiger partial charge in [-0.3, -0.25) is 9.88 Å². The van der Waals surface area contributed by atoms with E-state index in [9.17, 15) is 8.78 Å². The molecule has 3 aromatic rings. The first kappa shape index (κ1) is 15.9. The van der Waals surface area contributed by atoms with Crippen LogP contribution in [-0.2, 0) is 0 Å². The van der Waals surface area contributed by atoms with Crippen molar-refractivity contribution in [2.45, 2.75) is 12.6 Å². The van der Waals surface area contributed by atoms with Gasteiger partial charge in [0.2, 0.25) is 5.95 Å². The second kappa shape index (κ2) is 5.83. The maximum atomic E-state index is 13.8. The van der Waals surface area contributed by atoms with Gasteiger partial charge in [0.15, 0.2) is 35.3 Å². The third kappa shape index (κ3) is 2.54. The minimum Gasteiger partial charge on any atom is -0.489 e. The molecule has 0 saturated carbocycles. The average Bonchev–Trinajstić information content (AvgIpc) is 2.83. The fourth-order valence-electron chi connectivity index (χ4n) is 3.32. The number of hydrogen-bond acceptors (Lipinski definition) is 6.